The second-order valence-corrected chi connectivity index (χ2v) is 7.71. The van der Waals surface area contributed by atoms with Crippen LogP contribution in [0.2, 0.25) is 0 Å². The molecular weight excluding hydrogens is 196 g/mol. The molecule has 0 unspecified atom stereocenters. The van der Waals surface area contributed by atoms with Crippen molar-refractivity contribution in [2.45, 2.75) is 77.9 Å². The Balaban J connectivity index is 1.89. The largest absolute Gasteiger partial charge is 0.328 e. The van der Waals surface area contributed by atoms with E-state index >= 15 is 0 Å². The Morgan fingerprint density at radius 1 is 0.938 bits per heavy atom. The van der Waals surface area contributed by atoms with E-state index < -0.39 is 0 Å². The molecule has 0 heterocycles. The lowest BCUT2D eigenvalue weighted by atomic mass is 9.63. The first-order valence-electron chi connectivity index (χ1n) is 6.77. The molecule has 16 heavy (non-hydrogen) atoms. The smallest absolute Gasteiger partial charge is 0.00991 e. The van der Waals surface area contributed by atoms with Gasteiger partial charge in [0, 0.05) is 18.1 Å². The molecule has 3 N–H and O–H groups in total. The maximum Gasteiger partial charge on any atom is 0.00991 e. The number of hydrogen-bond donors (Lipinski definition) is 2. The Morgan fingerprint density at radius 3 is 1.88 bits per heavy atom. The number of rotatable bonds is 2. The highest BCUT2D eigenvalue weighted by Crippen LogP contribution is 2.46. The Hall–Kier alpha value is -0.0800. The van der Waals surface area contributed by atoms with Crippen LogP contribution in [0.3, 0.4) is 0 Å². The van der Waals surface area contributed by atoms with Gasteiger partial charge in [-0.3, -0.25) is 0 Å². The van der Waals surface area contributed by atoms with Gasteiger partial charge in [0.25, 0.3) is 0 Å². The maximum absolute atomic E-state index is 5.84. The molecule has 0 aliphatic heterocycles. The van der Waals surface area contributed by atoms with Crippen LogP contribution in [-0.2, 0) is 0 Å². The van der Waals surface area contributed by atoms with Gasteiger partial charge in [-0.05, 0) is 42.9 Å². The summed E-state index contributed by atoms with van der Waals surface area (Å²) in [4.78, 5) is 0. The average Bonchev–Trinajstić information content (AvgIpc) is 1.94. The minimum atomic E-state index is 0.460. The minimum Gasteiger partial charge on any atom is -0.328 e. The predicted octanol–water partition coefficient (Wildman–Crippen LogP) is 2.67. The summed E-state index contributed by atoms with van der Waals surface area (Å²) in [6.45, 7) is 9.65. The molecule has 0 saturated heterocycles. The average molecular weight is 224 g/mol. The van der Waals surface area contributed by atoms with Gasteiger partial charge in [0.2, 0.25) is 0 Å². The quantitative estimate of drug-likeness (QED) is 0.757. The first-order valence-corrected chi connectivity index (χ1v) is 6.77. The Bertz CT molecular complexity index is 235. The molecule has 94 valence electrons. The molecule has 0 amide bonds. The summed E-state index contributed by atoms with van der Waals surface area (Å²) in [6, 6.07) is 1.86. The minimum absolute atomic E-state index is 0.460. The first kappa shape index (κ1) is 12.4. The van der Waals surface area contributed by atoms with Crippen LogP contribution < -0.4 is 11.1 Å². The van der Waals surface area contributed by atoms with Crippen molar-refractivity contribution in [2.24, 2.45) is 16.6 Å². The summed E-state index contributed by atoms with van der Waals surface area (Å²) >= 11 is 0. The molecule has 0 bridgehead atoms. The van der Waals surface area contributed by atoms with Gasteiger partial charge in [0.15, 0.2) is 0 Å². The van der Waals surface area contributed by atoms with E-state index in [2.05, 4.69) is 33.0 Å². The van der Waals surface area contributed by atoms with Crippen molar-refractivity contribution in [3.63, 3.8) is 0 Å². The zero-order valence-corrected chi connectivity index (χ0v) is 11.3. The summed E-state index contributed by atoms with van der Waals surface area (Å²) in [6.07, 6.45) is 6.35. The maximum atomic E-state index is 5.84. The van der Waals surface area contributed by atoms with Gasteiger partial charge in [0.05, 0.1) is 0 Å². The normalized spacial score (nSPS) is 38.1. The van der Waals surface area contributed by atoms with Crippen molar-refractivity contribution in [3.8, 4) is 0 Å². The highest BCUT2D eigenvalue weighted by atomic mass is 15.0. The third-order valence-electron chi connectivity index (χ3n) is 4.20. The van der Waals surface area contributed by atoms with E-state index in [-0.39, 0.29) is 0 Å². The molecule has 2 heteroatoms. The summed E-state index contributed by atoms with van der Waals surface area (Å²) in [7, 11) is 0. The summed E-state index contributed by atoms with van der Waals surface area (Å²) in [5.41, 5.74) is 6.82. The highest BCUT2D eigenvalue weighted by Gasteiger charge is 2.39. The molecule has 0 aromatic heterocycles. The predicted molar refractivity (Wildman–Crippen MR) is 69.3 cm³/mol. The fourth-order valence-corrected chi connectivity index (χ4v) is 4.10. The summed E-state index contributed by atoms with van der Waals surface area (Å²) in [5.74, 6) is 0. The first-order chi connectivity index (χ1) is 7.26. The molecule has 0 aromatic carbocycles. The number of nitrogens with one attached hydrogen (secondary N) is 1. The molecule has 2 fully saturated rings. The van der Waals surface area contributed by atoms with Crippen LogP contribution in [0.1, 0.15) is 59.8 Å². The summed E-state index contributed by atoms with van der Waals surface area (Å²) < 4.78 is 0. The van der Waals surface area contributed by atoms with Gasteiger partial charge < -0.3 is 11.1 Å². The van der Waals surface area contributed by atoms with E-state index in [4.69, 9.17) is 5.73 Å². The molecule has 2 aliphatic carbocycles. The van der Waals surface area contributed by atoms with Crippen LogP contribution in [0, 0.1) is 10.8 Å². The molecular formula is C14H28N2. The van der Waals surface area contributed by atoms with Crippen LogP contribution in [-0.4, -0.2) is 18.1 Å². The Kier molecular flexibility index (Phi) is 3.09. The fourth-order valence-electron chi connectivity index (χ4n) is 4.10. The Morgan fingerprint density at radius 2 is 1.44 bits per heavy atom. The zero-order chi connectivity index (χ0) is 12.0. The van der Waals surface area contributed by atoms with Gasteiger partial charge in [-0.15, -0.1) is 0 Å². The summed E-state index contributed by atoms with van der Waals surface area (Å²) in [5, 5.41) is 3.82. The van der Waals surface area contributed by atoms with Crippen molar-refractivity contribution in [2.75, 3.05) is 0 Å². The zero-order valence-electron chi connectivity index (χ0n) is 11.3. The molecule has 0 aromatic rings. The van der Waals surface area contributed by atoms with E-state index in [1.807, 2.05) is 0 Å². The van der Waals surface area contributed by atoms with Crippen LogP contribution in [0.5, 0.6) is 0 Å². The second kappa shape index (κ2) is 3.99. The van der Waals surface area contributed by atoms with Crippen molar-refractivity contribution >= 4 is 0 Å². The molecule has 2 aliphatic rings. The molecule has 0 spiro atoms. The monoisotopic (exact) mass is 224 g/mol. The van der Waals surface area contributed by atoms with E-state index in [1.165, 1.54) is 32.1 Å². The van der Waals surface area contributed by atoms with Gasteiger partial charge in [0.1, 0.15) is 0 Å². The van der Waals surface area contributed by atoms with Crippen LogP contribution >= 0.6 is 0 Å². The van der Waals surface area contributed by atoms with Crippen LogP contribution in [0.15, 0.2) is 0 Å². The van der Waals surface area contributed by atoms with E-state index in [9.17, 15) is 0 Å². The van der Waals surface area contributed by atoms with E-state index in [1.54, 1.807) is 0 Å². The highest BCUT2D eigenvalue weighted by molar-refractivity contribution is 4.96. The van der Waals surface area contributed by atoms with Gasteiger partial charge in [-0.2, -0.15) is 0 Å². The van der Waals surface area contributed by atoms with Crippen molar-refractivity contribution in [1.82, 2.24) is 5.32 Å². The van der Waals surface area contributed by atoms with Crippen LogP contribution in [0.4, 0.5) is 0 Å². The Labute approximate surface area is 100 Å². The SMILES string of the molecule is CC1(C)CC(NC2CC(N)C2)CC(C)(C)C1. The van der Waals surface area contributed by atoms with Crippen molar-refractivity contribution in [3.05, 3.63) is 0 Å². The second-order valence-electron chi connectivity index (χ2n) is 7.71. The molecule has 0 radical (unpaired) electrons. The third kappa shape index (κ3) is 2.98. The standard InChI is InChI=1S/C14H28N2/c1-13(2)7-12(8-14(3,4)9-13)16-11-5-10(15)6-11/h10-12,16H,5-9,15H2,1-4H3. The topological polar surface area (TPSA) is 38.0 Å². The van der Waals surface area contributed by atoms with Gasteiger partial charge >= 0.3 is 0 Å². The number of hydrogen-bond acceptors (Lipinski definition) is 2. The third-order valence-corrected chi connectivity index (χ3v) is 4.20. The number of nitrogens with two attached hydrogens (primary N) is 1. The molecule has 2 saturated carbocycles. The van der Waals surface area contributed by atoms with Crippen LogP contribution in [0.25, 0.3) is 0 Å². The van der Waals surface area contributed by atoms with E-state index in [0.717, 1.165) is 0 Å². The fraction of sp³-hybridized carbons (Fsp3) is 1.00. The van der Waals surface area contributed by atoms with Gasteiger partial charge in [-0.1, -0.05) is 27.7 Å². The lowest BCUT2D eigenvalue weighted by Gasteiger charge is -2.47. The lowest BCUT2D eigenvalue weighted by Crippen LogP contribution is -2.54. The van der Waals surface area contributed by atoms with Gasteiger partial charge in [-0.25, -0.2) is 0 Å². The van der Waals surface area contributed by atoms with Crippen molar-refractivity contribution < 1.29 is 0 Å². The molecule has 2 nitrogen and oxygen atoms in total. The molecule has 2 rings (SSSR count). The van der Waals surface area contributed by atoms with E-state index in [0.29, 0.717) is 29.0 Å². The molecule has 0 atom stereocenters. The lowest BCUT2D eigenvalue weighted by molar-refractivity contribution is 0.0727. The van der Waals surface area contributed by atoms with Crippen molar-refractivity contribution in [1.29, 1.82) is 0 Å².